The van der Waals surface area contributed by atoms with Crippen molar-refractivity contribution in [2.75, 3.05) is 5.32 Å². The number of pyridine rings is 1. The number of benzene rings is 1. The fourth-order valence-corrected chi connectivity index (χ4v) is 3.12. The van der Waals surface area contributed by atoms with Crippen LogP contribution in [0, 0.1) is 12.8 Å². The Hall–Kier alpha value is -2.10. The van der Waals surface area contributed by atoms with Crippen LogP contribution in [0.2, 0.25) is 0 Å². The number of nitrogens with zero attached hydrogens (tertiary/aromatic N) is 1. The SMILES string of the molecule is Cc1cc(N[C@H]2CC[C@@H](C(=O)O)CC2)nc2ccccc12. The third-order valence-electron chi connectivity index (χ3n) is 4.35. The maximum Gasteiger partial charge on any atom is 0.306 e. The van der Waals surface area contributed by atoms with E-state index in [-0.39, 0.29) is 5.92 Å². The third kappa shape index (κ3) is 2.99. The molecule has 21 heavy (non-hydrogen) atoms. The highest BCUT2D eigenvalue weighted by Gasteiger charge is 2.25. The quantitative estimate of drug-likeness (QED) is 0.904. The number of rotatable bonds is 3. The van der Waals surface area contributed by atoms with Crippen LogP contribution in [0.5, 0.6) is 0 Å². The van der Waals surface area contributed by atoms with Crippen LogP contribution in [0.3, 0.4) is 0 Å². The number of hydrogen-bond acceptors (Lipinski definition) is 3. The van der Waals surface area contributed by atoms with E-state index in [1.807, 2.05) is 18.2 Å². The number of aliphatic carboxylic acids is 1. The van der Waals surface area contributed by atoms with Gasteiger partial charge in [-0.05, 0) is 50.3 Å². The Labute approximate surface area is 124 Å². The molecule has 0 bridgehead atoms. The third-order valence-corrected chi connectivity index (χ3v) is 4.35. The molecule has 1 saturated carbocycles. The van der Waals surface area contributed by atoms with Crippen LogP contribution in [-0.2, 0) is 4.79 Å². The summed E-state index contributed by atoms with van der Waals surface area (Å²) in [6, 6.07) is 10.5. The first-order chi connectivity index (χ1) is 10.1. The minimum atomic E-state index is -0.659. The maximum atomic E-state index is 11.0. The van der Waals surface area contributed by atoms with Crippen molar-refractivity contribution in [1.29, 1.82) is 0 Å². The molecule has 0 atom stereocenters. The van der Waals surface area contributed by atoms with Crippen LogP contribution in [-0.4, -0.2) is 22.1 Å². The fourth-order valence-electron chi connectivity index (χ4n) is 3.12. The number of hydrogen-bond donors (Lipinski definition) is 2. The van der Waals surface area contributed by atoms with Crippen LogP contribution in [0.15, 0.2) is 30.3 Å². The van der Waals surface area contributed by atoms with E-state index in [1.54, 1.807) is 0 Å². The average Bonchev–Trinajstić information content (AvgIpc) is 2.48. The molecule has 0 spiro atoms. The number of anilines is 1. The van der Waals surface area contributed by atoms with Gasteiger partial charge in [0.15, 0.2) is 0 Å². The van der Waals surface area contributed by atoms with E-state index >= 15 is 0 Å². The minimum Gasteiger partial charge on any atom is -0.481 e. The summed E-state index contributed by atoms with van der Waals surface area (Å²) >= 11 is 0. The molecule has 1 aliphatic rings. The van der Waals surface area contributed by atoms with Gasteiger partial charge in [-0.1, -0.05) is 18.2 Å². The summed E-state index contributed by atoms with van der Waals surface area (Å²) in [5.74, 6) is 0.0625. The normalized spacial score (nSPS) is 22.1. The van der Waals surface area contributed by atoms with Gasteiger partial charge >= 0.3 is 5.97 Å². The number of carbonyl (C=O) groups is 1. The summed E-state index contributed by atoms with van der Waals surface area (Å²) in [5, 5.41) is 13.7. The Morgan fingerprint density at radius 1 is 1.24 bits per heavy atom. The van der Waals surface area contributed by atoms with E-state index in [0.717, 1.165) is 37.0 Å². The highest BCUT2D eigenvalue weighted by molar-refractivity contribution is 5.83. The standard InChI is InChI=1S/C17H20N2O2/c1-11-10-16(19-15-5-3-2-4-14(11)15)18-13-8-6-12(7-9-13)17(20)21/h2-5,10,12-13H,6-9H2,1H3,(H,18,19)(H,20,21)/t12-,13+. The van der Waals surface area contributed by atoms with Gasteiger partial charge in [-0.25, -0.2) is 4.98 Å². The maximum absolute atomic E-state index is 11.0. The number of aromatic nitrogens is 1. The summed E-state index contributed by atoms with van der Waals surface area (Å²) in [7, 11) is 0. The molecule has 0 radical (unpaired) electrons. The second-order valence-electron chi connectivity index (χ2n) is 5.87. The molecule has 1 heterocycles. The fraction of sp³-hybridized carbons (Fsp3) is 0.412. The van der Waals surface area contributed by atoms with E-state index in [2.05, 4.69) is 29.4 Å². The Morgan fingerprint density at radius 3 is 2.67 bits per heavy atom. The summed E-state index contributed by atoms with van der Waals surface area (Å²) in [6.07, 6.45) is 3.29. The molecule has 0 aliphatic heterocycles. The van der Waals surface area contributed by atoms with Crippen molar-refractivity contribution in [1.82, 2.24) is 4.98 Å². The van der Waals surface area contributed by atoms with Crippen LogP contribution in [0.4, 0.5) is 5.82 Å². The molecular weight excluding hydrogens is 264 g/mol. The van der Waals surface area contributed by atoms with E-state index in [0.29, 0.717) is 6.04 Å². The largest absolute Gasteiger partial charge is 0.481 e. The van der Waals surface area contributed by atoms with Gasteiger partial charge in [-0.2, -0.15) is 0 Å². The lowest BCUT2D eigenvalue weighted by molar-refractivity contribution is -0.142. The predicted molar refractivity (Wildman–Crippen MR) is 83.5 cm³/mol. The predicted octanol–water partition coefficient (Wildman–Crippen LogP) is 3.60. The lowest BCUT2D eigenvalue weighted by Crippen LogP contribution is -2.29. The van der Waals surface area contributed by atoms with E-state index < -0.39 is 5.97 Å². The Kier molecular flexibility index (Phi) is 3.78. The van der Waals surface area contributed by atoms with Gasteiger partial charge in [0.2, 0.25) is 0 Å². The monoisotopic (exact) mass is 284 g/mol. The summed E-state index contributed by atoms with van der Waals surface area (Å²) in [6.45, 7) is 2.09. The molecule has 1 aromatic carbocycles. The van der Waals surface area contributed by atoms with Crippen molar-refractivity contribution >= 4 is 22.7 Å². The van der Waals surface area contributed by atoms with Crippen molar-refractivity contribution in [3.8, 4) is 0 Å². The zero-order valence-electron chi connectivity index (χ0n) is 12.2. The summed E-state index contributed by atoms with van der Waals surface area (Å²) < 4.78 is 0. The van der Waals surface area contributed by atoms with Crippen molar-refractivity contribution in [3.05, 3.63) is 35.9 Å². The molecule has 4 heteroatoms. The van der Waals surface area contributed by atoms with Crippen LogP contribution in [0.25, 0.3) is 10.9 Å². The van der Waals surface area contributed by atoms with Gasteiger partial charge in [0.05, 0.1) is 11.4 Å². The smallest absolute Gasteiger partial charge is 0.306 e. The van der Waals surface area contributed by atoms with Gasteiger partial charge in [0.1, 0.15) is 5.82 Å². The van der Waals surface area contributed by atoms with Crippen LogP contribution in [0.1, 0.15) is 31.2 Å². The van der Waals surface area contributed by atoms with E-state index in [1.165, 1.54) is 10.9 Å². The molecule has 2 N–H and O–H groups in total. The zero-order valence-corrected chi connectivity index (χ0v) is 12.2. The number of fused-ring (bicyclic) bond motifs is 1. The molecule has 0 saturated heterocycles. The molecule has 4 nitrogen and oxygen atoms in total. The number of carboxylic acids is 1. The lowest BCUT2D eigenvalue weighted by atomic mass is 9.86. The summed E-state index contributed by atoms with van der Waals surface area (Å²) in [4.78, 5) is 15.6. The highest BCUT2D eigenvalue weighted by Crippen LogP contribution is 2.27. The number of aryl methyl sites for hydroxylation is 1. The lowest BCUT2D eigenvalue weighted by Gasteiger charge is -2.27. The van der Waals surface area contributed by atoms with Crippen molar-refractivity contribution in [2.24, 2.45) is 5.92 Å². The summed E-state index contributed by atoms with van der Waals surface area (Å²) in [5.41, 5.74) is 2.21. The van der Waals surface area contributed by atoms with E-state index in [4.69, 9.17) is 5.11 Å². The molecule has 0 amide bonds. The Morgan fingerprint density at radius 2 is 1.95 bits per heavy atom. The second-order valence-corrected chi connectivity index (χ2v) is 5.87. The molecule has 1 aliphatic carbocycles. The van der Waals surface area contributed by atoms with E-state index in [9.17, 15) is 4.79 Å². The minimum absolute atomic E-state index is 0.172. The topological polar surface area (TPSA) is 62.2 Å². The zero-order chi connectivity index (χ0) is 14.8. The first kappa shape index (κ1) is 13.9. The van der Waals surface area contributed by atoms with Gasteiger partial charge in [0.25, 0.3) is 0 Å². The highest BCUT2D eigenvalue weighted by atomic mass is 16.4. The first-order valence-corrected chi connectivity index (χ1v) is 7.49. The molecule has 1 aromatic heterocycles. The van der Waals surface area contributed by atoms with Gasteiger partial charge in [-0.3, -0.25) is 4.79 Å². The number of nitrogens with one attached hydrogen (secondary N) is 1. The van der Waals surface area contributed by atoms with Gasteiger partial charge in [0, 0.05) is 11.4 Å². The van der Waals surface area contributed by atoms with Gasteiger partial charge in [-0.15, -0.1) is 0 Å². The average molecular weight is 284 g/mol. The molecule has 0 unspecified atom stereocenters. The van der Waals surface area contributed by atoms with Gasteiger partial charge < -0.3 is 10.4 Å². The first-order valence-electron chi connectivity index (χ1n) is 7.49. The van der Waals surface area contributed by atoms with Crippen LogP contribution < -0.4 is 5.32 Å². The number of para-hydroxylation sites is 1. The molecule has 3 rings (SSSR count). The Balaban J connectivity index is 1.73. The molecule has 2 aromatic rings. The second kappa shape index (κ2) is 5.72. The van der Waals surface area contributed by atoms with Crippen molar-refractivity contribution < 1.29 is 9.90 Å². The van der Waals surface area contributed by atoms with Crippen molar-refractivity contribution in [3.63, 3.8) is 0 Å². The Bertz CT molecular complexity index is 661. The molecule has 1 fully saturated rings. The molecule has 110 valence electrons. The number of carboxylic acid groups (broad SMARTS) is 1. The molecular formula is C17H20N2O2. The van der Waals surface area contributed by atoms with Crippen LogP contribution >= 0.6 is 0 Å². The van der Waals surface area contributed by atoms with Crippen molar-refractivity contribution in [2.45, 2.75) is 38.6 Å².